The van der Waals surface area contributed by atoms with E-state index in [0.29, 0.717) is 37.8 Å². The summed E-state index contributed by atoms with van der Waals surface area (Å²) in [6.45, 7) is 0.891. The largest absolute Gasteiger partial charge is 0.399 e. The molecule has 2 aromatic carbocycles. The Morgan fingerprint density at radius 2 is 1.45 bits per heavy atom. The van der Waals surface area contributed by atoms with Gasteiger partial charge in [0, 0.05) is 28.6 Å². The van der Waals surface area contributed by atoms with Crippen molar-refractivity contribution in [1.82, 2.24) is 4.57 Å². The molecule has 156 valence electrons. The van der Waals surface area contributed by atoms with E-state index in [0.717, 1.165) is 28.1 Å². The number of halogens is 1. The number of ether oxygens (including phenoxy) is 3. The van der Waals surface area contributed by atoms with Gasteiger partial charge in [0.25, 0.3) is 0 Å². The minimum absolute atomic E-state index is 0.0735. The number of rotatable bonds is 12. The molecule has 0 fully saturated rings. The lowest BCUT2D eigenvalue weighted by Gasteiger charge is -2.20. The van der Waals surface area contributed by atoms with Crippen LogP contribution in [0.15, 0.2) is 36.4 Å². The third kappa shape index (κ3) is 5.03. The number of carbonyl (C=O) groups is 1. The molecule has 0 aliphatic carbocycles. The van der Waals surface area contributed by atoms with Gasteiger partial charge < -0.3 is 35.0 Å². The Morgan fingerprint density at radius 3 is 2.00 bits per heavy atom. The molecule has 0 amide bonds. The smallest absolute Gasteiger partial charge is 0.141 e. The Kier molecular flexibility index (Phi) is 7.40. The van der Waals surface area contributed by atoms with Crippen LogP contribution in [0.1, 0.15) is 12.6 Å². The number of hydrogen-bond acceptors (Lipinski definition) is 6. The number of aromatic nitrogens is 1. The van der Waals surface area contributed by atoms with Gasteiger partial charge in [-0.3, -0.25) is 0 Å². The summed E-state index contributed by atoms with van der Waals surface area (Å²) in [6.07, 6.45) is 0.529. The van der Waals surface area contributed by atoms with Crippen LogP contribution in [-0.4, -0.2) is 50.6 Å². The first-order valence-corrected chi connectivity index (χ1v) is 9.51. The number of aldehydes is 1. The fraction of sp³-hybridized carbons (Fsp3) is 0.381. The fourth-order valence-electron chi connectivity index (χ4n) is 3.35. The molecule has 1 unspecified atom stereocenters. The molecule has 0 spiro atoms. The maximum Gasteiger partial charge on any atom is 0.141 e. The van der Waals surface area contributed by atoms with Crippen molar-refractivity contribution >= 4 is 39.5 Å². The molecule has 0 saturated heterocycles. The second-order valence-electron chi connectivity index (χ2n) is 6.56. The van der Waals surface area contributed by atoms with Crippen molar-refractivity contribution in [1.29, 1.82) is 0 Å². The third-order valence-electron chi connectivity index (χ3n) is 4.57. The van der Waals surface area contributed by atoms with Crippen molar-refractivity contribution in [2.24, 2.45) is 0 Å². The number of nitrogens with zero attached hydrogens (tertiary/aromatic N) is 1. The van der Waals surface area contributed by atoms with E-state index in [2.05, 4.69) is 0 Å². The van der Waals surface area contributed by atoms with Gasteiger partial charge in [0.2, 0.25) is 0 Å². The predicted octanol–water partition coefficient (Wildman–Crippen LogP) is 3.07. The van der Waals surface area contributed by atoms with Crippen LogP contribution in [0.2, 0.25) is 0 Å². The molecule has 0 aliphatic rings. The van der Waals surface area contributed by atoms with Crippen LogP contribution in [0, 0.1) is 0 Å². The van der Waals surface area contributed by atoms with Crippen LogP contribution in [0.5, 0.6) is 0 Å². The topological polar surface area (TPSA) is 102 Å². The van der Waals surface area contributed by atoms with Crippen LogP contribution in [0.4, 0.5) is 15.8 Å². The van der Waals surface area contributed by atoms with Crippen LogP contribution in [0.25, 0.3) is 21.8 Å². The van der Waals surface area contributed by atoms with Crippen LogP contribution in [0.3, 0.4) is 0 Å². The second-order valence-corrected chi connectivity index (χ2v) is 6.56. The predicted molar refractivity (Wildman–Crippen MR) is 112 cm³/mol. The summed E-state index contributed by atoms with van der Waals surface area (Å²) < 4.78 is 30.4. The van der Waals surface area contributed by atoms with Gasteiger partial charge in [-0.1, -0.05) is 0 Å². The van der Waals surface area contributed by atoms with Crippen LogP contribution in [-0.2, 0) is 19.0 Å². The van der Waals surface area contributed by atoms with E-state index in [1.54, 1.807) is 0 Å². The third-order valence-corrected chi connectivity index (χ3v) is 4.57. The Morgan fingerprint density at radius 1 is 0.897 bits per heavy atom. The average molecular weight is 403 g/mol. The molecule has 0 radical (unpaired) electrons. The maximum absolute atomic E-state index is 12.0. The fourth-order valence-corrected chi connectivity index (χ4v) is 3.35. The van der Waals surface area contributed by atoms with Crippen molar-refractivity contribution in [3.05, 3.63) is 36.4 Å². The van der Waals surface area contributed by atoms with Gasteiger partial charge in [0.1, 0.15) is 19.2 Å². The number of fused-ring (bicyclic) bond motifs is 3. The lowest BCUT2D eigenvalue weighted by molar-refractivity contribution is -0.113. The molecule has 0 aliphatic heterocycles. The average Bonchev–Trinajstić information content (AvgIpc) is 3.02. The van der Waals surface area contributed by atoms with E-state index in [1.807, 2.05) is 41.0 Å². The molecule has 0 saturated carbocycles. The highest BCUT2D eigenvalue weighted by atomic mass is 19.1. The minimum atomic E-state index is -0.507. The first-order chi connectivity index (χ1) is 14.2. The first-order valence-electron chi connectivity index (χ1n) is 9.51. The summed E-state index contributed by atoms with van der Waals surface area (Å²) in [7, 11) is 0. The van der Waals surface area contributed by atoms with Crippen molar-refractivity contribution in [3.8, 4) is 0 Å². The first kappa shape index (κ1) is 21.0. The summed E-state index contributed by atoms with van der Waals surface area (Å²) in [6, 6.07) is 11.3. The Balaban J connectivity index is 1.78. The zero-order chi connectivity index (χ0) is 20.6. The number of benzene rings is 2. The number of nitrogen functional groups attached to an aromatic ring is 2. The maximum atomic E-state index is 12.0. The highest BCUT2D eigenvalue weighted by Gasteiger charge is 2.19. The van der Waals surface area contributed by atoms with Gasteiger partial charge in [0.15, 0.2) is 0 Å². The van der Waals surface area contributed by atoms with Gasteiger partial charge >= 0.3 is 0 Å². The molecular weight excluding hydrogens is 377 g/mol. The molecule has 0 bridgehead atoms. The minimum Gasteiger partial charge on any atom is -0.399 e. The normalized spacial score (nSPS) is 12.6. The number of anilines is 2. The molecular formula is C21H26FN3O4. The molecule has 1 heterocycles. The van der Waals surface area contributed by atoms with E-state index in [4.69, 9.17) is 25.7 Å². The zero-order valence-corrected chi connectivity index (χ0v) is 16.2. The van der Waals surface area contributed by atoms with E-state index >= 15 is 0 Å². The number of alkyl halides is 1. The monoisotopic (exact) mass is 403 g/mol. The van der Waals surface area contributed by atoms with Gasteiger partial charge in [0.05, 0.1) is 44.1 Å². The molecule has 29 heavy (non-hydrogen) atoms. The molecule has 8 heteroatoms. The van der Waals surface area contributed by atoms with Gasteiger partial charge in [-0.2, -0.15) is 0 Å². The van der Waals surface area contributed by atoms with Gasteiger partial charge in [-0.15, -0.1) is 0 Å². The van der Waals surface area contributed by atoms with Crippen LogP contribution >= 0.6 is 0 Å². The molecule has 4 N–H and O–H groups in total. The summed E-state index contributed by atoms with van der Waals surface area (Å²) >= 11 is 0. The number of nitrogens with two attached hydrogens (primary N) is 2. The summed E-state index contributed by atoms with van der Waals surface area (Å²) in [5, 5.41) is 1.90. The van der Waals surface area contributed by atoms with E-state index < -0.39 is 12.9 Å². The standard InChI is InChI=1S/C21H26FN3O4/c22-6-8-27-9-10-28-11-12-29-21(5-7-26)25-19-3-1-15(23)13-17(19)18-14-16(24)2-4-20(18)25/h1-4,7,13-14,21H,5-6,8-12,23-24H2. The zero-order valence-electron chi connectivity index (χ0n) is 16.2. The van der Waals surface area contributed by atoms with Crippen molar-refractivity contribution in [2.75, 3.05) is 51.2 Å². The Hall–Kier alpha value is -2.68. The van der Waals surface area contributed by atoms with Crippen molar-refractivity contribution < 1.29 is 23.4 Å². The number of carbonyl (C=O) groups excluding carboxylic acids is 1. The molecule has 1 atom stereocenters. The lowest BCUT2D eigenvalue weighted by atomic mass is 10.1. The lowest BCUT2D eigenvalue weighted by Crippen LogP contribution is -2.17. The van der Waals surface area contributed by atoms with E-state index in [-0.39, 0.29) is 13.0 Å². The highest BCUT2D eigenvalue weighted by molar-refractivity contribution is 6.10. The molecule has 3 aromatic rings. The Bertz CT molecular complexity index is 901. The highest BCUT2D eigenvalue weighted by Crippen LogP contribution is 2.35. The van der Waals surface area contributed by atoms with Gasteiger partial charge in [-0.05, 0) is 36.4 Å². The van der Waals surface area contributed by atoms with Crippen LogP contribution < -0.4 is 11.5 Å². The van der Waals surface area contributed by atoms with E-state index in [1.165, 1.54) is 0 Å². The molecule has 1 aromatic heterocycles. The van der Waals surface area contributed by atoms with Crippen molar-refractivity contribution in [2.45, 2.75) is 12.6 Å². The summed E-state index contributed by atoms with van der Waals surface area (Å²) in [5.41, 5.74) is 15.1. The molecule has 3 rings (SSSR count). The quantitative estimate of drug-likeness (QED) is 0.274. The molecule has 7 nitrogen and oxygen atoms in total. The summed E-state index contributed by atoms with van der Waals surface area (Å²) in [4.78, 5) is 11.3. The van der Waals surface area contributed by atoms with Crippen molar-refractivity contribution in [3.63, 3.8) is 0 Å². The van der Waals surface area contributed by atoms with Gasteiger partial charge in [-0.25, -0.2) is 4.39 Å². The summed E-state index contributed by atoms with van der Waals surface area (Å²) in [5.74, 6) is 0. The van der Waals surface area contributed by atoms with E-state index in [9.17, 15) is 9.18 Å². The SMILES string of the molecule is Nc1ccc2c(c1)c1cc(N)ccc1n2C(CC=O)OCCOCCOCCF. The number of hydrogen-bond donors (Lipinski definition) is 2. The second kappa shape index (κ2) is 10.2. The Labute approximate surface area is 168 Å².